The van der Waals surface area contributed by atoms with Crippen LogP contribution in [-0.4, -0.2) is 30.2 Å². The Bertz CT molecular complexity index is 5060. The van der Waals surface area contributed by atoms with Crippen molar-refractivity contribution < 1.29 is 49.0 Å². The largest absolute Gasteiger partial charge is 0.509 e. The Morgan fingerprint density at radius 2 is 1.25 bits per heavy atom. The molecule has 0 atom stereocenters. The minimum absolute atomic E-state index is 0. The van der Waals surface area contributed by atoms with Crippen LogP contribution in [-0.2, 0) is 21.1 Å². The summed E-state index contributed by atoms with van der Waals surface area (Å²) in [7, 11) is 0. The van der Waals surface area contributed by atoms with Crippen LogP contribution in [0, 0.1) is 32.6 Å². The van der Waals surface area contributed by atoms with Gasteiger partial charge in [0.2, 0.25) is 11.7 Å². The summed E-state index contributed by atoms with van der Waals surface area (Å²) in [5, 5.41) is 0. The second kappa shape index (κ2) is 18.3. The van der Waals surface area contributed by atoms with Gasteiger partial charge in [0.1, 0.15) is 17.2 Å². The number of ether oxygens (including phenoxy) is 3. The van der Waals surface area contributed by atoms with Gasteiger partial charge < -0.3 is 28.4 Å². The molecule has 0 fully saturated rings. The Labute approximate surface area is 484 Å². The van der Waals surface area contributed by atoms with Gasteiger partial charge >= 0.3 is 0 Å². The van der Waals surface area contributed by atoms with Crippen LogP contribution in [0.25, 0.3) is 61.7 Å². The molecule has 3 aliphatic heterocycles. The molecule has 0 amide bonds. The SMILES string of the molecule is [2H]c1c([2H])c([2H])c(-c2cccc(-c3c([2H])c([2H])c([2H])c([2H])c3[2H])c2N2[CH-]N(c3[c-]c(Oc4[c-]c5c(cc4)n4c6ccccc6nc4n5-c4nccn4-c4c(C)cccc4C)c4c(c3)Oc3cccc5c3B4c3ccccc3O5)c3ccccc32)c([2H])c1[2H].[Pt]. The molecule has 16 rings (SSSR count). The number of benzene rings is 10. The fourth-order valence-electron chi connectivity index (χ4n) is 11.5. The Morgan fingerprint density at radius 3 is 2.01 bits per heavy atom. The van der Waals surface area contributed by atoms with E-state index in [1.165, 1.54) is 0 Å². The van der Waals surface area contributed by atoms with Gasteiger partial charge in [-0.1, -0.05) is 157 Å². The van der Waals surface area contributed by atoms with Crippen molar-refractivity contribution in [1.29, 1.82) is 0 Å². The molecule has 0 saturated carbocycles. The van der Waals surface area contributed by atoms with Crippen molar-refractivity contribution in [2.45, 2.75) is 13.8 Å². The second-order valence-corrected chi connectivity index (χ2v) is 19.2. The van der Waals surface area contributed by atoms with Crippen LogP contribution in [0.4, 0.5) is 22.7 Å². The molecule has 0 aliphatic carbocycles. The Hall–Kier alpha value is -9.57. The first-order chi connectivity index (χ1) is 42.7. The average molecular weight is 1210 g/mol. The van der Waals surface area contributed by atoms with E-state index in [-0.39, 0.29) is 54.8 Å². The van der Waals surface area contributed by atoms with E-state index < -0.39 is 67.1 Å². The summed E-state index contributed by atoms with van der Waals surface area (Å²) in [5.74, 6) is 4.07. The molecule has 0 radical (unpaired) electrons. The van der Waals surface area contributed by atoms with Gasteiger partial charge in [0.15, 0.2) is 6.71 Å². The molecule has 12 heteroatoms. The third-order valence-corrected chi connectivity index (χ3v) is 14.8. The van der Waals surface area contributed by atoms with E-state index in [1.807, 2.05) is 131 Å². The molecule has 0 bridgehead atoms. The third-order valence-electron chi connectivity index (χ3n) is 14.8. The van der Waals surface area contributed by atoms with Crippen LogP contribution in [0.15, 0.2) is 218 Å². The van der Waals surface area contributed by atoms with E-state index >= 15 is 0 Å². The Balaban J connectivity index is 0.00000663. The number of fused-ring (bicyclic) bond motifs is 10. The number of para-hydroxylation sites is 7. The van der Waals surface area contributed by atoms with E-state index in [4.69, 9.17) is 32.4 Å². The first-order valence-electron chi connectivity index (χ1n) is 30.3. The van der Waals surface area contributed by atoms with Gasteiger partial charge in [-0.2, -0.15) is 0 Å². The van der Waals surface area contributed by atoms with Crippen molar-refractivity contribution in [3.8, 4) is 68.4 Å². The molecule has 0 spiro atoms. The zero-order chi connectivity index (χ0) is 60.3. The van der Waals surface area contributed by atoms with Crippen molar-refractivity contribution in [1.82, 2.24) is 23.5 Å². The second-order valence-electron chi connectivity index (χ2n) is 19.2. The van der Waals surface area contributed by atoms with Crippen LogP contribution in [0.3, 0.4) is 0 Å². The summed E-state index contributed by atoms with van der Waals surface area (Å²) in [4.78, 5) is 13.8. The van der Waals surface area contributed by atoms with Gasteiger partial charge in [-0.15, -0.1) is 37.0 Å². The molecule has 3 aromatic heterocycles. The number of hydrogen-bond donors (Lipinski definition) is 0. The summed E-state index contributed by atoms with van der Waals surface area (Å²) in [6.07, 6.45) is 3.72. The summed E-state index contributed by atoms with van der Waals surface area (Å²) >= 11 is 0. The molecular formula is C67H43BN7O3Pt-3. The summed E-state index contributed by atoms with van der Waals surface area (Å²) < 4.78 is 116. The minimum atomic E-state index is -0.590. The van der Waals surface area contributed by atoms with E-state index in [1.54, 1.807) is 36.0 Å². The quantitative estimate of drug-likeness (QED) is 0.111. The maximum Gasteiger partial charge on any atom is 0.219 e. The molecule has 10 nitrogen and oxygen atoms in total. The molecule has 380 valence electrons. The number of nitrogens with zero attached hydrogens (tertiary/aromatic N) is 7. The van der Waals surface area contributed by atoms with E-state index in [0.29, 0.717) is 68.5 Å². The number of aryl methyl sites for hydroxylation is 2. The van der Waals surface area contributed by atoms with Gasteiger partial charge in [-0.05, 0) is 101 Å². The molecule has 0 unspecified atom stereocenters. The molecule has 79 heavy (non-hydrogen) atoms. The smallest absolute Gasteiger partial charge is 0.219 e. The number of aromatic nitrogens is 5. The first kappa shape index (κ1) is 37.2. The maximum atomic E-state index is 9.25. The van der Waals surface area contributed by atoms with Crippen molar-refractivity contribution in [2.75, 3.05) is 9.80 Å². The fourth-order valence-corrected chi connectivity index (χ4v) is 11.5. The number of hydrogen-bond acceptors (Lipinski definition) is 7. The number of imidazole rings is 3. The van der Waals surface area contributed by atoms with E-state index in [9.17, 15) is 5.48 Å². The molecule has 6 heterocycles. The van der Waals surface area contributed by atoms with Gasteiger partial charge in [0.25, 0.3) is 0 Å². The van der Waals surface area contributed by atoms with Crippen molar-refractivity contribution in [3.63, 3.8) is 0 Å². The molecule has 10 aromatic carbocycles. The summed E-state index contributed by atoms with van der Waals surface area (Å²) in [6, 6.07) is 47.5. The predicted molar refractivity (Wildman–Crippen MR) is 310 cm³/mol. The van der Waals surface area contributed by atoms with Crippen molar-refractivity contribution in [3.05, 3.63) is 248 Å². The van der Waals surface area contributed by atoms with Crippen LogP contribution in [0.5, 0.6) is 34.5 Å². The van der Waals surface area contributed by atoms with Crippen molar-refractivity contribution >= 4 is 73.7 Å². The third kappa shape index (κ3) is 7.23. The van der Waals surface area contributed by atoms with Crippen LogP contribution < -0.4 is 40.4 Å². The number of anilines is 4. The normalized spacial score (nSPS) is 14.7. The monoisotopic (exact) mass is 1210 g/mol. The molecule has 0 N–H and O–H groups in total. The van der Waals surface area contributed by atoms with Crippen LogP contribution in [0.2, 0.25) is 0 Å². The summed E-state index contributed by atoms with van der Waals surface area (Å²) in [5.41, 5.74) is 10.2. The fraction of sp³-hybridized carbons (Fsp3) is 0.0299. The maximum absolute atomic E-state index is 9.25. The zero-order valence-corrected chi connectivity index (χ0v) is 44.1. The Kier molecular flexibility index (Phi) is 8.62. The molecule has 0 saturated heterocycles. The minimum Gasteiger partial charge on any atom is -0.509 e. The van der Waals surface area contributed by atoms with Gasteiger partial charge in [0.05, 0.1) is 30.4 Å². The molecule has 3 aliphatic rings. The Morgan fingerprint density at radius 1 is 0.608 bits per heavy atom. The van der Waals surface area contributed by atoms with E-state index in [0.717, 1.165) is 44.3 Å². The van der Waals surface area contributed by atoms with Crippen LogP contribution in [0.1, 0.15) is 24.8 Å². The molecule has 13 aromatic rings. The first-order valence-corrected chi connectivity index (χ1v) is 25.3. The van der Waals surface area contributed by atoms with Gasteiger partial charge in [-0.25, -0.2) is 9.97 Å². The average Bonchev–Trinajstić information content (AvgIpc) is 1.66. The van der Waals surface area contributed by atoms with Crippen LogP contribution >= 0.6 is 0 Å². The van der Waals surface area contributed by atoms with Gasteiger partial charge in [0, 0.05) is 78.9 Å². The topological polar surface area (TPSA) is 74.2 Å². The predicted octanol–water partition coefficient (Wildman–Crippen LogP) is 14.1. The van der Waals surface area contributed by atoms with Crippen molar-refractivity contribution in [2.24, 2.45) is 0 Å². The zero-order valence-electron chi connectivity index (χ0n) is 51.8. The molecular weight excluding hydrogens is 1160 g/mol. The standard InChI is InChI=1S/C67H43BN7O3.Pt/c1-42-18-15-19-43(2)64(42)71-37-36-69-66(71)75-56-40-47(34-35-55(56)74-52-28-11-10-27-51(52)70-67(74)75)76-60-38-46(39-61-63(60)68-50-26-9-14-31-57(50)77-58-32-17-33-59(78-61)62(58)68)72-41-73(54-30-13-12-29-53(54)72)65-48(44-20-5-3-6-21-44)24-16-25-49(65)45-22-7-4-8-23-45;/h3-37,39,41H,1-2H3;/q-3;/i3D,4D,5D,6D,7D,8D,20D,21D,22D,23D;. The summed E-state index contributed by atoms with van der Waals surface area (Å²) in [6.45, 7) is 5.40. The number of rotatable bonds is 8. The van der Waals surface area contributed by atoms with E-state index in [2.05, 4.69) is 47.1 Å². The van der Waals surface area contributed by atoms with Gasteiger partial charge in [-0.3, -0.25) is 9.13 Å².